The number of thiazole rings is 1. The van der Waals surface area contributed by atoms with E-state index in [1.54, 1.807) is 11.3 Å². The third-order valence-corrected chi connectivity index (χ3v) is 4.13. The highest BCUT2D eigenvalue weighted by Gasteiger charge is 2.13. The van der Waals surface area contributed by atoms with Gasteiger partial charge in [-0.3, -0.25) is 0 Å². The molecule has 0 saturated heterocycles. The Balaban J connectivity index is 2.15. The topological polar surface area (TPSA) is 101 Å². The van der Waals surface area contributed by atoms with Crippen molar-refractivity contribution in [3.05, 3.63) is 33.9 Å². The fraction of sp³-hybridized carbons (Fsp3) is 0.308. The first kappa shape index (κ1) is 14.3. The largest absolute Gasteiger partial charge is 0.478 e. The van der Waals surface area contributed by atoms with Gasteiger partial charge in [-0.25, -0.2) is 14.8 Å². The van der Waals surface area contributed by atoms with E-state index in [0.29, 0.717) is 11.5 Å². The van der Waals surface area contributed by atoms with E-state index in [1.807, 2.05) is 13.1 Å². The van der Waals surface area contributed by atoms with Crippen molar-refractivity contribution in [3.8, 4) is 0 Å². The van der Waals surface area contributed by atoms with Crippen LogP contribution in [0.4, 0.5) is 11.5 Å². The number of aromatic carboxylic acids is 1. The number of aryl methyl sites for hydroxylation is 1. The SMILES string of the molecule is CCc1cnc(C(C)Nc2ncc(C(=O)O)cc2N)s1. The number of hydrogen-bond donors (Lipinski definition) is 3. The molecule has 0 spiro atoms. The molecule has 2 heterocycles. The van der Waals surface area contributed by atoms with Crippen LogP contribution in [-0.2, 0) is 6.42 Å². The molecule has 1 unspecified atom stereocenters. The highest BCUT2D eigenvalue weighted by Crippen LogP contribution is 2.26. The minimum Gasteiger partial charge on any atom is -0.478 e. The summed E-state index contributed by atoms with van der Waals surface area (Å²) in [6.07, 6.45) is 4.10. The van der Waals surface area contributed by atoms with Gasteiger partial charge in [0.05, 0.1) is 17.3 Å². The molecule has 7 heteroatoms. The number of carboxylic acid groups (broad SMARTS) is 1. The van der Waals surface area contributed by atoms with Gasteiger partial charge in [-0.05, 0) is 19.4 Å². The van der Waals surface area contributed by atoms with Crippen molar-refractivity contribution >= 4 is 28.8 Å². The molecule has 0 fully saturated rings. The fourth-order valence-corrected chi connectivity index (χ4v) is 2.53. The molecule has 0 amide bonds. The number of carboxylic acids is 1. The van der Waals surface area contributed by atoms with Gasteiger partial charge in [-0.15, -0.1) is 11.3 Å². The normalized spacial score (nSPS) is 12.1. The van der Waals surface area contributed by atoms with Crippen LogP contribution < -0.4 is 11.1 Å². The highest BCUT2D eigenvalue weighted by atomic mass is 32.1. The van der Waals surface area contributed by atoms with Gasteiger partial charge in [0.2, 0.25) is 0 Å². The average Bonchev–Trinajstić information content (AvgIpc) is 2.89. The maximum Gasteiger partial charge on any atom is 0.337 e. The van der Waals surface area contributed by atoms with E-state index in [4.69, 9.17) is 10.8 Å². The number of anilines is 2. The Bertz CT molecular complexity index is 627. The molecule has 2 aromatic rings. The molecule has 0 aliphatic rings. The summed E-state index contributed by atoms with van der Waals surface area (Å²) in [6.45, 7) is 4.05. The highest BCUT2D eigenvalue weighted by molar-refractivity contribution is 7.11. The summed E-state index contributed by atoms with van der Waals surface area (Å²) in [4.78, 5) is 20.4. The van der Waals surface area contributed by atoms with Gasteiger partial charge in [0.1, 0.15) is 10.8 Å². The predicted molar refractivity (Wildman–Crippen MR) is 79.1 cm³/mol. The van der Waals surface area contributed by atoms with Gasteiger partial charge in [0, 0.05) is 17.3 Å². The van der Waals surface area contributed by atoms with Crippen molar-refractivity contribution in [3.63, 3.8) is 0 Å². The average molecular weight is 292 g/mol. The van der Waals surface area contributed by atoms with E-state index in [0.717, 1.165) is 11.4 Å². The Hall–Kier alpha value is -2.15. The summed E-state index contributed by atoms with van der Waals surface area (Å²) in [6, 6.07) is 1.36. The summed E-state index contributed by atoms with van der Waals surface area (Å²) in [5.41, 5.74) is 6.19. The summed E-state index contributed by atoms with van der Waals surface area (Å²) in [7, 11) is 0. The fourth-order valence-electron chi connectivity index (χ4n) is 1.67. The predicted octanol–water partition coefficient (Wildman–Crippen LogP) is 2.55. The lowest BCUT2D eigenvalue weighted by molar-refractivity contribution is 0.0696. The number of hydrogen-bond acceptors (Lipinski definition) is 6. The van der Waals surface area contributed by atoms with Gasteiger partial charge in [-0.1, -0.05) is 6.92 Å². The second-order valence-electron chi connectivity index (χ2n) is 4.35. The molecule has 0 aromatic carbocycles. The van der Waals surface area contributed by atoms with Crippen LogP contribution in [0.25, 0.3) is 0 Å². The van der Waals surface area contributed by atoms with Crippen LogP contribution in [0.2, 0.25) is 0 Å². The minimum atomic E-state index is -1.05. The van der Waals surface area contributed by atoms with Crippen molar-refractivity contribution < 1.29 is 9.90 Å². The van der Waals surface area contributed by atoms with Gasteiger partial charge in [0.15, 0.2) is 0 Å². The monoisotopic (exact) mass is 292 g/mol. The molecule has 6 nitrogen and oxygen atoms in total. The molecule has 20 heavy (non-hydrogen) atoms. The van der Waals surface area contributed by atoms with E-state index >= 15 is 0 Å². The van der Waals surface area contributed by atoms with Gasteiger partial charge < -0.3 is 16.2 Å². The first-order valence-electron chi connectivity index (χ1n) is 6.21. The minimum absolute atomic E-state index is 0.0363. The lowest BCUT2D eigenvalue weighted by Crippen LogP contribution is -2.10. The molecule has 0 aliphatic heterocycles. The van der Waals surface area contributed by atoms with E-state index < -0.39 is 5.97 Å². The quantitative estimate of drug-likeness (QED) is 0.783. The van der Waals surface area contributed by atoms with E-state index in [9.17, 15) is 4.79 Å². The van der Waals surface area contributed by atoms with Gasteiger partial charge in [0.25, 0.3) is 0 Å². The van der Waals surface area contributed by atoms with Crippen molar-refractivity contribution in [1.82, 2.24) is 9.97 Å². The maximum atomic E-state index is 10.8. The molecule has 0 radical (unpaired) electrons. The second-order valence-corrected chi connectivity index (χ2v) is 5.50. The number of nitrogens with zero attached hydrogens (tertiary/aromatic N) is 2. The van der Waals surface area contributed by atoms with Crippen molar-refractivity contribution in [1.29, 1.82) is 0 Å². The Labute approximate surface area is 120 Å². The number of nitrogen functional groups attached to an aromatic ring is 1. The molecule has 2 aromatic heterocycles. The molecule has 0 bridgehead atoms. The van der Waals surface area contributed by atoms with Crippen LogP contribution in [0.1, 0.15) is 40.1 Å². The first-order valence-corrected chi connectivity index (χ1v) is 7.02. The number of nitrogens with two attached hydrogens (primary N) is 1. The number of nitrogens with one attached hydrogen (secondary N) is 1. The Kier molecular flexibility index (Phi) is 4.19. The third kappa shape index (κ3) is 3.05. The standard InChI is InChI=1S/C13H16N4O2S/c1-3-9-6-16-12(20-9)7(2)17-11-10(14)4-8(5-15-11)13(18)19/h4-7H,3,14H2,1-2H3,(H,15,17)(H,18,19). The van der Waals surface area contributed by atoms with Crippen LogP contribution in [-0.4, -0.2) is 21.0 Å². The summed E-state index contributed by atoms with van der Waals surface area (Å²) in [5.74, 6) is -0.577. The lowest BCUT2D eigenvalue weighted by Gasteiger charge is -2.13. The van der Waals surface area contributed by atoms with Crippen molar-refractivity contribution in [2.75, 3.05) is 11.1 Å². The zero-order valence-corrected chi connectivity index (χ0v) is 12.1. The van der Waals surface area contributed by atoms with Crippen LogP contribution in [0, 0.1) is 0 Å². The molecule has 106 valence electrons. The first-order chi connectivity index (χ1) is 9.51. The lowest BCUT2D eigenvalue weighted by atomic mass is 10.2. The zero-order chi connectivity index (χ0) is 14.7. The van der Waals surface area contributed by atoms with Crippen LogP contribution in [0.3, 0.4) is 0 Å². The van der Waals surface area contributed by atoms with E-state index in [-0.39, 0.29) is 11.6 Å². The van der Waals surface area contributed by atoms with Crippen molar-refractivity contribution in [2.45, 2.75) is 26.3 Å². The number of aromatic nitrogens is 2. The number of pyridine rings is 1. The molecule has 0 aliphatic carbocycles. The van der Waals surface area contributed by atoms with Crippen molar-refractivity contribution in [2.24, 2.45) is 0 Å². The zero-order valence-electron chi connectivity index (χ0n) is 11.3. The molecule has 2 rings (SSSR count). The smallest absolute Gasteiger partial charge is 0.337 e. The van der Waals surface area contributed by atoms with E-state index in [2.05, 4.69) is 22.2 Å². The van der Waals surface area contributed by atoms with Gasteiger partial charge in [-0.2, -0.15) is 0 Å². The molecule has 0 saturated carbocycles. The van der Waals surface area contributed by atoms with Gasteiger partial charge >= 0.3 is 5.97 Å². The van der Waals surface area contributed by atoms with E-state index in [1.165, 1.54) is 17.1 Å². The second kappa shape index (κ2) is 5.87. The van der Waals surface area contributed by atoms with Crippen LogP contribution >= 0.6 is 11.3 Å². The number of rotatable bonds is 5. The van der Waals surface area contributed by atoms with Crippen LogP contribution in [0.15, 0.2) is 18.5 Å². The molecular formula is C13H16N4O2S. The maximum absolute atomic E-state index is 10.8. The molecular weight excluding hydrogens is 276 g/mol. The summed E-state index contributed by atoms with van der Waals surface area (Å²) >= 11 is 1.64. The summed E-state index contributed by atoms with van der Waals surface area (Å²) in [5, 5.41) is 13.0. The Morgan fingerprint density at radius 2 is 2.25 bits per heavy atom. The molecule has 1 atom stereocenters. The molecule has 4 N–H and O–H groups in total. The Morgan fingerprint density at radius 3 is 2.80 bits per heavy atom. The van der Waals surface area contributed by atoms with Crippen LogP contribution in [0.5, 0.6) is 0 Å². The Morgan fingerprint density at radius 1 is 1.50 bits per heavy atom. The summed E-state index contributed by atoms with van der Waals surface area (Å²) < 4.78 is 0. The number of carbonyl (C=O) groups is 1. The third-order valence-electron chi connectivity index (χ3n) is 2.81.